The van der Waals surface area contributed by atoms with Crippen molar-refractivity contribution in [2.24, 2.45) is 5.92 Å². The van der Waals surface area contributed by atoms with Gasteiger partial charge < -0.3 is 19.4 Å². The molecule has 0 bridgehead atoms. The van der Waals surface area contributed by atoms with Gasteiger partial charge in [-0.25, -0.2) is 0 Å². The second-order valence-corrected chi connectivity index (χ2v) is 8.32. The predicted octanol–water partition coefficient (Wildman–Crippen LogP) is 2.14. The van der Waals surface area contributed by atoms with Crippen LogP contribution in [-0.2, 0) is 14.3 Å². The quantitative estimate of drug-likeness (QED) is 0.800. The van der Waals surface area contributed by atoms with E-state index in [9.17, 15) is 9.59 Å². The van der Waals surface area contributed by atoms with E-state index in [4.69, 9.17) is 4.74 Å². The minimum atomic E-state index is -0.327. The Labute approximate surface area is 167 Å². The molecule has 0 aliphatic carbocycles. The second kappa shape index (κ2) is 8.21. The van der Waals surface area contributed by atoms with E-state index >= 15 is 0 Å². The summed E-state index contributed by atoms with van der Waals surface area (Å²) in [5, 5.41) is 0. The summed E-state index contributed by atoms with van der Waals surface area (Å²) < 4.78 is 6.04. The van der Waals surface area contributed by atoms with Crippen LogP contribution in [0.5, 0.6) is 0 Å². The number of carbonyl (C=O) groups is 2. The van der Waals surface area contributed by atoms with Crippen molar-refractivity contribution < 1.29 is 14.3 Å². The van der Waals surface area contributed by atoms with Crippen molar-refractivity contribution in [2.75, 3.05) is 50.8 Å². The van der Waals surface area contributed by atoms with Gasteiger partial charge in [0.1, 0.15) is 6.61 Å². The number of morpholine rings is 1. The lowest BCUT2D eigenvalue weighted by molar-refractivity contribution is -0.153. The number of piperidine rings is 2. The minimum absolute atomic E-state index is 0.0121. The maximum absolute atomic E-state index is 13.0. The summed E-state index contributed by atoms with van der Waals surface area (Å²) >= 11 is 0. The van der Waals surface area contributed by atoms with Crippen LogP contribution >= 0.6 is 0 Å². The van der Waals surface area contributed by atoms with Gasteiger partial charge in [0.05, 0.1) is 12.1 Å². The van der Waals surface area contributed by atoms with E-state index in [1.807, 2.05) is 40.1 Å². The highest BCUT2D eigenvalue weighted by Crippen LogP contribution is 2.33. The van der Waals surface area contributed by atoms with Crippen LogP contribution in [0, 0.1) is 5.92 Å². The molecule has 0 saturated carbocycles. The van der Waals surface area contributed by atoms with Gasteiger partial charge in [-0.15, -0.1) is 0 Å². The Kier molecular flexibility index (Phi) is 5.69. The number of anilines is 1. The van der Waals surface area contributed by atoms with Crippen molar-refractivity contribution in [3.63, 3.8) is 0 Å². The third-order valence-corrected chi connectivity index (χ3v) is 6.69. The van der Waals surface area contributed by atoms with Crippen molar-refractivity contribution in [2.45, 2.75) is 38.2 Å². The van der Waals surface area contributed by atoms with Gasteiger partial charge in [0.2, 0.25) is 5.91 Å². The summed E-state index contributed by atoms with van der Waals surface area (Å²) in [6.07, 6.45) is 3.54. The van der Waals surface area contributed by atoms with Gasteiger partial charge in [-0.2, -0.15) is 0 Å². The van der Waals surface area contributed by atoms with E-state index in [-0.39, 0.29) is 24.0 Å². The van der Waals surface area contributed by atoms with E-state index in [2.05, 4.69) is 11.8 Å². The van der Waals surface area contributed by atoms with Crippen LogP contribution in [0.25, 0.3) is 0 Å². The summed E-state index contributed by atoms with van der Waals surface area (Å²) in [7, 11) is 0. The van der Waals surface area contributed by atoms with Crippen molar-refractivity contribution in [1.29, 1.82) is 0 Å². The zero-order valence-corrected chi connectivity index (χ0v) is 16.8. The molecule has 0 aromatic heterocycles. The van der Waals surface area contributed by atoms with E-state index in [1.54, 1.807) is 0 Å². The van der Waals surface area contributed by atoms with E-state index in [0.29, 0.717) is 12.5 Å². The fourth-order valence-corrected chi connectivity index (χ4v) is 4.75. The zero-order valence-electron chi connectivity index (χ0n) is 16.8. The Morgan fingerprint density at radius 3 is 2.43 bits per heavy atom. The number of hydrogen-bond donors (Lipinski definition) is 0. The number of benzene rings is 1. The first-order valence-corrected chi connectivity index (χ1v) is 10.6. The fourth-order valence-electron chi connectivity index (χ4n) is 4.75. The number of hydrogen-bond acceptors (Lipinski definition) is 4. The Balaban J connectivity index is 1.35. The summed E-state index contributed by atoms with van der Waals surface area (Å²) in [5.74, 6) is 0.502. The Hall–Kier alpha value is -1.92. The highest BCUT2D eigenvalue weighted by atomic mass is 16.5. The lowest BCUT2D eigenvalue weighted by Gasteiger charge is -2.47. The smallest absolute Gasteiger partial charge is 0.253 e. The summed E-state index contributed by atoms with van der Waals surface area (Å²) in [6, 6.07) is 9.81. The third kappa shape index (κ3) is 3.94. The molecule has 2 amide bonds. The third-order valence-electron chi connectivity index (χ3n) is 6.69. The maximum atomic E-state index is 13.0. The molecule has 4 rings (SSSR count). The summed E-state index contributed by atoms with van der Waals surface area (Å²) in [5.41, 5.74) is 0.600. The molecule has 1 aromatic rings. The molecule has 3 aliphatic rings. The highest BCUT2D eigenvalue weighted by Gasteiger charge is 2.44. The molecule has 1 aromatic carbocycles. The summed E-state index contributed by atoms with van der Waals surface area (Å²) in [4.78, 5) is 31.6. The van der Waals surface area contributed by atoms with Crippen LogP contribution in [0.1, 0.15) is 32.6 Å². The molecular weight excluding hydrogens is 354 g/mol. The van der Waals surface area contributed by atoms with Crippen LogP contribution in [0.3, 0.4) is 0 Å². The number of para-hydroxylation sites is 1. The maximum Gasteiger partial charge on any atom is 0.253 e. The molecule has 6 heteroatoms. The van der Waals surface area contributed by atoms with Gasteiger partial charge in [0.15, 0.2) is 0 Å². The van der Waals surface area contributed by atoms with Crippen LogP contribution in [0.2, 0.25) is 0 Å². The number of ether oxygens (including phenoxy) is 1. The lowest BCUT2D eigenvalue weighted by Crippen LogP contribution is -2.60. The van der Waals surface area contributed by atoms with Crippen LogP contribution < -0.4 is 4.90 Å². The molecule has 3 aliphatic heterocycles. The Morgan fingerprint density at radius 1 is 1.11 bits per heavy atom. The molecule has 0 N–H and O–H groups in total. The topological polar surface area (TPSA) is 53.1 Å². The van der Waals surface area contributed by atoms with Crippen LogP contribution in [0.4, 0.5) is 5.69 Å². The number of rotatable bonds is 3. The van der Waals surface area contributed by atoms with E-state index in [1.165, 1.54) is 0 Å². The molecule has 0 radical (unpaired) electrons. The average Bonchev–Trinajstić information content (AvgIpc) is 2.76. The number of likely N-dealkylation sites (tertiary alicyclic amines) is 2. The molecule has 3 heterocycles. The van der Waals surface area contributed by atoms with Crippen LogP contribution in [-0.4, -0.2) is 73.1 Å². The first-order valence-electron chi connectivity index (χ1n) is 10.6. The molecule has 152 valence electrons. The minimum Gasteiger partial charge on any atom is -0.363 e. The number of carbonyl (C=O) groups excluding carboxylic acids is 2. The molecule has 0 unspecified atom stereocenters. The van der Waals surface area contributed by atoms with Crippen molar-refractivity contribution in [1.82, 2.24) is 9.80 Å². The predicted molar refractivity (Wildman–Crippen MR) is 108 cm³/mol. The Bertz CT molecular complexity index is 692. The lowest BCUT2D eigenvalue weighted by atomic mass is 9.87. The van der Waals surface area contributed by atoms with Gasteiger partial charge >= 0.3 is 0 Å². The largest absolute Gasteiger partial charge is 0.363 e. The van der Waals surface area contributed by atoms with E-state index < -0.39 is 0 Å². The molecular formula is C22H31N3O3. The first-order chi connectivity index (χ1) is 13.6. The fraction of sp³-hybridized carbons (Fsp3) is 0.636. The van der Waals surface area contributed by atoms with Gasteiger partial charge in [-0.1, -0.05) is 25.1 Å². The van der Waals surface area contributed by atoms with Crippen molar-refractivity contribution in [3.05, 3.63) is 30.3 Å². The molecule has 0 atom stereocenters. The number of nitrogens with zero attached hydrogens (tertiary/aromatic N) is 3. The number of amides is 2. The van der Waals surface area contributed by atoms with Gasteiger partial charge in [-0.05, 0) is 57.5 Å². The monoisotopic (exact) mass is 385 g/mol. The highest BCUT2D eigenvalue weighted by molar-refractivity contribution is 5.95. The molecule has 1 spiro atoms. The molecule has 6 nitrogen and oxygen atoms in total. The van der Waals surface area contributed by atoms with Crippen LogP contribution in [0.15, 0.2) is 30.3 Å². The summed E-state index contributed by atoms with van der Waals surface area (Å²) in [6.45, 7) is 7.46. The zero-order chi connectivity index (χ0) is 19.6. The second-order valence-electron chi connectivity index (χ2n) is 8.32. The Morgan fingerprint density at radius 2 is 1.79 bits per heavy atom. The van der Waals surface area contributed by atoms with Gasteiger partial charge in [0.25, 0.3) is 5.91 Å². The molecule has 3 fully saturated rings. The SMILES string of the molecule is CCN1CCC(C(=O)N2CCC3(CC2)CN(c2ccccc2)C(=O)CO3)CC1. The standard InChI is InChI=1S/C22H31N3O3/c1-2-23-12-8-18(9-13-23)21(27)24-14-10-22(11-15-24)17-25(20(26)16-28-22)19-6-4-3-5-7-19/h3-7,18H,2,8-17H2,1H3. The average molecular weight is 386 g/mol. The van der Waals surface area contributed by atoms with Crippen molar-refractivity contribution >= 4 is 17.5 Å². The molecule has 28 heavy (non-hydrogen) atoms. The first kappa shape index (κ1) is 19.4. The van der Waals surface area contributed by atoms with E-state index in [0.717, 1.165) is 64.1 Å². The normalized spacial score (nSPS) is 24.0. The van der Waals surface area contributed by atoms with Gasteiger partial charge in [-0.3, -0.25) is 9.59 Å². The molecule has 3 saturated heterocycles. The van der Waals surface area contributed by atoms with Gasteiger partial charge in [0, 0.05) is 24.7 Å². The van der Waals surface area contributed by atoms with Crippen molar-refractivity contribution in [3.8, 4) is 0 Å².